The fraction of sp³-hybridized carbons (Fsp3) is 0.920. The first-order valence-electron chi connectivity index (χ1n) is 12.5. The number of esters is 1. The zero-order chi connectivity index (χ0) is 21.1. The highest BCUT2D eigenvalue weighted by atomic mass is 16.5. The van der Waals surface area contributed by atoms with Crippen LogP contribution in [0.2, 0.25) is 0 Å². The number of hydrogen-bond acceptors (Lipinski definition) is 4. The van der Waals surface area contributed by atoms with Gasteiger partial charge in [-0.2, -0.15) is 0 Å². The van der Waals surface area contributed by atoms with E-state index in [9.17, 15) is 9.59 Å². The lowest BCUT2D eigenvalue weighted by molar-refractivity contribution is -0.161. The molecule has 0 radical (unpaired) electrons. The monoisotopic (exact) mass is 417 g/mol. The summed E-state index contributed by atoms with van der Waals surface area (Å²) in [6.45, 7) is 7.22. The zero-order valence-electron chi connectivity index (χ0n) is 19.0. The molecular weight excluding hydrogens is 378 g/mol. The molecular formula is C25H39NO4. The van der Waals surface area contributed by atoms with Crippen molar-refractivity contribution in [2.75, 3.05) is 6.61 Å². The topological polar surface area (TPSA) is 64.6 Å². The summed E-state index contributed by atoms with van der Waals surface area (Å²) in [5.74, 6) is 2.16. The van der Waals surface area contributed by atoms with Gasteiger partial charge < -0.3 is 14.8 Å². The van der Waals surface area contributed by atoms with Gasteiger partial charge in [0.25, 0.3) is 0 Å². The summed E-state index contributed by atoms with van der Waals surface area (Å²) in [4.78, 5) is 24.8. The standard InChI is InChI=1S/C25H39NO4/c1-4-29-22(28)14-15-13-19-24(2,12-10-21(27)26-19)18-9-11-25(3)17(23(15)18)7-8-20(25)30-16-5-6-16/h15-20,23H,4-14H2,1-3H3,(H,26,27)/t15?,17-,18+,19?,20?,23-,24+,25-/m0/s1. The van der Waals surface area contributed by atoms with Crippen LogP contribution in [0.15, 0.2) is 0 Å². The van der Waals surface area contributed by atoms with Crippen LogP contribution in [0.1, 0.15) is 85.0 Å². The summed E-state index contributed by atoms with van der Waals surface area (Å²) in [5, 5.41) is 3.32. The minimum absolute atomic E-state index is 0.0666. The Morgan fingerprint density at radius 1 is 1.07 bits per heavy atom. The summed E-state index contributed by atoms with van der Waals surface area (Å²) >= 11 is 0. The molecule has 5 heteroatoms. The van der Waals surface area contributed by atoms with E-state index in [1.54, 1.807) is 0 Å². The lowest BCUT2D eigenvalue weighted by Gasteiger charge is -2.62. The Balaban J connectivity index is 1.45. The third-order valence-electron chi connectivity index (χ3n) is 9.81. The minimum Gasteiger partial charge on any atom is -0.466 e. The zero-order valence-corrected chi connectivity index (χ0v) is 19.0. The predicted molar refractivity (Wildman–Crippen MR) is 114 cm³/mol. The van der Waals surface area contributed by atoms with Crippen molar-refractivity contribution >= 4 is 11.9 Å². The van der Waals surface area contributed by atoms with Crippen LogP contribution < -0.4 is 5.32 Å². The molecule has 0 bridgehead atoms. The second-order valence-electron chi connectivity index (χ2n) is 11.4. The van der Waals surface area contributed by atoms with Crippen molar-refractivity contribution in [3.05, 3.63) is 0 Å². The van der Waals surface area contributed by atoms with E-state index in [2.05, 4.69) is 19.2 Å². The van der Waals surface area contributed by atoms with Gasteiger partial charge in [-0.25, -0.2) is 0 Å². The van der Waals surface area contributed by atoms with Crippen LogP contribution in [0.3, 0.4) is 0 Å². The van der Waals surface area contributed by atoms with Gasteiger partial charge in [0, 0.05) is 18.9 Å². The van der Waals surface area contributed by atoms with Gasteiger partial charge in [-0.05, 0) is 92.8 Å². The fourth-order valence-corrected chi connectivity index (χ4v) is 8.11. The first-order chi connectivity index (χ1) is 14.3. The van der Waals surface area contributed by atoms with Crippen LogP contribution >= 0.6 is 0 Å². The average Bonchev–Trinajstić information content (AvgIpc) is 3.45. The molecule has 5 aliphatic rings. The number of amides is 1. The Labute approximate surface area is 181 Å². The highest BCUT2D eigenvalue weighted by Crippen LogP contribution is 2.66. The van der Waals surface area contributed by atoms with Crippen LogP contribution in [0, 0.1) is 34.5 Å². The van der Waals surface area contributed by atoms with Crippen LogP contribution in [0.25, 0.3) is 0 Å². The molecule has 1 amide bonds. The Bertz CT molecular complexity index is 705. The third kappa shape index (κ3) is 3.30. The number of piperidine rings is 1. The van der Waals surface area contributed by atoms with E-state index in [1.807, 2.05) is 6.92 Å². The molecule has 0 aromatic carbocycles. The van der Waals surface area contributed by atoms with Crippen molar-refractivity contribution < 1.29 is 19.1 Å². The van der Waals surface area contributed by atoms with Crippen molar-refractivity contribution in [2.24, 2.45) is 34.5 Å². The smallest absolute Gasteiger partial charge is 0.306 e. The highest BCUT2D eigenvalue weighted by Gasteiger charge is 2.63. The number of carbonyl (C=O) groups excluding carboxylic acids is 2. The fourth-order valence-electron chi connectivity index (χ4n) is 8.11. The maximum Gasteiger partial charge on any atom is 0.306 e. The molecule has 30 heavy (non-hydrogen) atoms. The lowest BCUT2D eigenvalue weighted by Crippen LogP contribution is -2.63. The summed E-state index contributed by atoms with van der Waals surface area (Å²) in [5.41, 5.74) is 0.387. The maximum atomic E-state index is 12.5. The van der Waals surface area contributed by atoms with Crippen LogP contribution in [-0.4, -0.2) is 36.7 Å². The molecule has 1 N–H and O–H groups in total. The number of nitrogens with one attached hydrogen (secondary N) is 1. The minimum atomic E-state index is -0.0666. The van der Waals surface area contributed by atoms with Crippen molar-refractivity contribution in [1.29, 1.82) is 0 Å². The second kappa shape index (κ2) is 7.50. The van der Waals surface area contributed by atoms with Crippen molar-refractivity contribution in [2.45, 2.75) is 103 Å². The molecule has 0 aromatic rings. The van der Waals surface area contributed by atoms with Gasteiger partial charge in [-0.1, -0.05) is 13.8 Å². The maximum absolute atomic E-state index is 12.5. The van der Waals surface area contributed by atoms with Gasteiger partial charge in [-0.3, -0.25) is 9.59 Å². The Hall–Kier alpha value is -1.10. The molecule has 4 aliphatic carbocycles. The van der Waals surface area contributed by atoms with Crippen LogP contribution in [-0.2, 0) is 19.1 Å². The molecule has 5 nitrogen and oxygen atoms in total. The lowest BCUT2D eigenvalue weighted by atomic mass is 9.45. The van der Waals surface area contributed by atoms with Crippen molar-refractivity contribution in [3.8, 4) is 0 Å². The molecule has 3 unspecified atom stereocenters. The SMILES string of the molecule is CCOC(=O)CC1CC2NC(=O)CC[C@]2(C)[C@@H]2CC[C@]3(C)C(OC4CC4)CC[C@H]3[C@H]12. The van der Waals surface area contributed by atoms with Crippen LogP contribution in [0.5, 0.6) is 0 Å². The van der Waals surface area contributed by atoms with Gasteiger partial charge in [0.15, 0.2) is 0 Å². The molecule has 4 saturated carbocycles. The summed E-state index contributed by atoms with van der Waals surface area (Å²) in [6.07, 6.45) is 11.2. The van der Waals surface area contributed by atoms with E-state index in [1.165, 1.54) is 38.5 Å². The third-order valence-corrected chi connectivity index (χ3v) is 9.81. The van der Waals surface area contributed by atoms with Gasteiger partial charge in [0.1, 0.15) is 0 Å². The van der Waals surface area contributed by atoms with E-state index in [4.69, 9.17) is 9.47 Å². The Morgan fingerprint density at radius 3 is 2.57 bits per heavy atom. The van der Waals surface area contributed by atoms with E-state index in [0.29, 0.717) is 55.3 Å². The molecule has 5 fully saturated rings. The molecule has 0 spiro atoms. The predicted octanol–water partition coefficient (Wildman–Crippen LogP) is 4.23. The number of rotatable bonds is 5. The van der Waals surface area contributed by atoms with Gasteiger partial charge in [0.2, 0.25) is 5.91 Å². The average molecular weight is 418 g/mol. The molecule has 168 valence electrons. The molecule has 0 aromatic heterocycles. The summed E-state index contributed by atoms with van der Waals surface area (Å²) in [7, 11) is 0. The van der Waals surface area contributed by atoms with E-state index in [0.717, 1.165) is 12.8 Å². The first kappa shape index (κ1) is 20.8. The first-order valence-corrected chi connectivity index (χ1v) is 12.5. The second-order valence-corrected chi connectivity index (χ2v) is 11.4. The molecule has 1 heterocycles. The highest BCUT2D eigenvalue weighted by molar-refractivity contribution is 5.77. The summed E-state index contributed by atoms with van der Waals surface area (Å²) < 4.78 is 11.9. The Kier molecular flexibility index (Phi) is 5.19. The summed E-state index contributed by atoms with van der Waals surface area (Å²) in [6, 6.07) is 0.198. The number of hydrogen-bond donors (Lipinski definition) is 1. The largest absolute Gasteiger partial charge is 0.466 e. The van der Waals surface area contributed by atoms with Gasteiger partial charge >= 0.3 is 5.97 Å². The van der Waals surface area contributed by atoms with Gasteiger partial charge in [0.05, 0.1) is 18.8 Å². The quantitative estimate of drug-likeness (QED) is 0.680. The number of carbonyl (C=O) groups is 2. The van der Waals surface area contributed by atoms with E-state index in [-0.39, 0.29) is 28.7 Å². The van der Waals surface area contributed by atoms with Gasteiger partial charge in [-0.15, -0.1) is 0 Å². The van der Waals surface area contributed by atoms with Crippen molar-refractivity contribution in [1.82, 2.24) is 5.32 Å². The Morgan fingerprint density at radius 2 is 1.83 bits per heavy atom. The number of ether oxygens (including phenoxy) is 2. The molecule has 1 saturated heterocycles. The van der Waals surface area contributed by atoms with E-state index >= 15 is 0 Å². The molecule has 8 atom stereocenters. The molecule has 5 rings (SSSR count). The van der Waals surface area contributed by atoms with Crippen LogP contribution in [0.4, 0.5) is 0 Å². The van der Waals surface area contributed by atoms with E-state index < -0.39 is 0 Å². The molecule has 1 aliphatic heterocycles. The van der Waals surface area contributed by atoms with Crippen molar-refractivity contribution in [3.63, 3.8) is 0 Å². The number of fused-ring (bicyclic) bond motifs is 5. The normalized spacial score (nSPS) is 47.6.